The molecule has 0 bridgehead atoms. The fourth-order valence-electron chi connectivity index (χ4n) is 6.57. The molecule has 0 spiro atoms. The van der Waals surface area contributed by atoms with Gasteiger partial charge < -0.3 is 9.80 Å². The first kappa shape index (κ1) is 35.9. The first-order chi connectivity index (χ1) is 21.8. The second kappa shape index (κ2) is 15.8. The number of hydrogen-bond acceptors (Lipinski definition) is 4. The van der Waals surface area contributed by atoms with E-state index in [0.717, 1.165) is 46.8 Å². The van der Waals surface area contributed by atoms with Gasteiger partial charge in [0.25, 0.3) is 0 Å². The zero-order valence-electron chi connectivity index (χ0n) is 28.3. The topological polar surface area (TPSA) is 27.7 Å². The molecule has 0 aliphatic carbocycles. The van der Waals surface area contributed by atoms with E-state index < -0.39 is 13.5 Å². The number of ether oxygens (including phenoxy) is 1. The summed E-state index contributed by atoms with van der Waals surface area (Å²) in [5.74, 6) is 0.601. The van der Waals surface area contributed by atoms with Crippen molar-refractivity contribution < 1.29 is 22.6 Å². The van der Waals surface area contributed by atoms with Crippen LogP contribution in [0.4, 0.5) is 21.5 Å². The van der Waals surface area contributed by atoms with Gasteiger partial charge in [-0.15, -0.1) is 0 Å². The van der Waals surface area contributed by atoms with Crippen LogP contribution in [0.25, 0.3) is 0 Å². The summed E-state index contributed by atoms with van der Waals surface area (Å²) in [6.45, 7) is 22.1. The van der Waals surface area contributed by atoms with Gasteiger partial charge in [0, 0.05) is 24.5 Å². The van der Waals surface area contributed by atoms with Crippen LogP contribution >= 0.6 is 19.4 Å². The van der Waals surface area contributed by atoms with Gasteiger partial charge in [0.2, 0.25) is 0 Å². The molecule has 46 heavy (non-hydrogen) atoms. The molecule has 4 aromatic rings. The van der Waals surface area contributed by atoms with Crippen LogP contribution in [0.15, 0.2) is 54.6 Å². The van der Waals surface area contributed by atoms with Crippen molar-refractivity contribution in [3.63, 3.8) is 0 Å². The summed E-state index contributed by atoms with van der Waals surface area (Å²) in [5.41, 5.74) is 15.7. The van der Waals surface area contributed by atoms with Crippen molar-refractivity contribution in [2.24, 2.45) is 0 Å². The van der Waals surface area contributed by atoms with Gasteiger partial charge in [-0.05, 0) is 63.8 Å². The number of nitrogens with zero attached hydrogens (tertiary/aromatic N) is 2. The summed E-state index contributed by atoms with van der Waals surface area (Å²) in [4.78, 5) is 4.81. The quantitative estimate of drug-likeness (QED) is 0.150. The maximum atomic E-state index is 13.4. The number of benzene rings is 4. The van der Waals surface area contributed by atoms with Crippen molar-refractivity contribution in [2.75, 3.05) is 35.3 Å². The van der Waals surface area contributed by atoms with Gasteiger partial charge in [0.1, 0.15) is 0 Å². The second-order valence-corrected chi connectivity index (χ2v) is 17.9. The standard InChI is InChI=1S/C21H27N2.C17H18FNO.2ClH.Ru/c1-14-9-16(3)20(17(4)10-14)22-7-8-23(13-22)21-18(5)11-15(2)12-19(21)6;1-11-7-15(18)6-5-14(11)10-19-16-8-12(2)17(20-4)13(3)9-16;;;/h9-13H,7-8H2,1-6H3;1,5-9,19H,10H2,2-4H3;2*1H;/q-1;;;;+2/p-2. The molecule has 4 aromatic carbocycles. The molecule has 248 valence electrons. The van der Waals surface area contributed by atoms with Crippen LogP contribution in [-0.4, -0.2) is 24.8 Å². The molecule has 0 unspecified atom stereocenters. The minimum Gasteiger partial charge on any atom is -0.502 e. The van der Waals surface area contributed by atoms with E-state index in [-0.39, 0.29) is 5.82 Å². The summed E-state index contributed by atoms with van der Waals surface area (Å²) in [7, 11) is 13.5. The van der Waals surface area contributed by atoms with E-state index in [2.05, 4.69) is 87.6 Å². The van der Waals surface area contributed by atoms with E-state index in [9.17, 15) is 4.39 Å². The van der Waals surface area contributed by atoms with Crippen molar-refractivity contribution in [3.8, 4) is 5.75 Å². The van der Waals surface area contributed by atoms with E-state index in [1.165, 1.54) is 56.9 Å². The third kappa shape index (κ3) is 8.91. The van der Waals surface area contributed by atoms with Gasteiger partial charge in [-0.25, -0.2) is 0 Å². The maximum Gasteiger partial charge on any atom is 0.0146 e. The number of rotatable bonds is 7. The Bertz CT molecular complexity index is 1620. The molecule has 1 N–H and O–H groups in total. The fraction of sp³-hybridized carbons (Fsp3) is 0.316. The molecule has 1 aliphatic heterocycles. The van der Waals surface area contributed by atoms with Crippen LogP contribution in [-0.2, 0) is 20.1 Å². The number of hydrogen-bond donors (Lipinski definition) is 1. The van der Waals surface area contributed by atoms with Crippen LogP contribution in [0.2, 0.25) is 0 Å². The van der Waals surface area contributed by atoms with E-state index in [4.69, 9.17) is 24.1 Å². The van der Waals surface area contributed by atoms with Crippen molar-refractivity contribution in [1.82, 2.24) is 0 Å². The molecule has 1 aliphatic rings. The van der Waals surface area contributed by atoms with Crippen molar-refractivity contribution in [2.45, 2.75) is 61.9 Å². The second-order valence-electron chi connectivity index (χ2n) is 12.1. The first-order valence-electron chi connectivity index (χ1n) is 15.3. The summed E-state index contributed by atoms with van der Waals surface area (Å²) in [6, 6.07) is 17.8. The Kier molecular flexibility index (Phi) is 12.3. The maximum absolute atomic E-state index is 13.4. The fourth-order valence-corrected chi connectivity index (χ4v) is 8.42. The third-order valence-electron chi connectivity index (χ3n) is 8.15. The van der Waals surface area contributed by atoms with E-state index in [1.54, 1.807) is 17.8 Å². The minimum atomic E-state index is -2.00. The summed E-state index contributed by atoms with van der Waals surface area (Å²) in [6.07, 6.45) is 0. The van der Waals surface area contributed by atoms with Crippen LogP contribution in [0, 0.1) is 67.9 Å². The number of methoxy groups -OCH3 is 1. The Morgan fingerprint density at radius 3 is 1.67 bits per heavy atom. The molecule has 5 rings (SSSR count). The van der Waals surface area contributed by atoms with E-state index in [1.807, 2.05) is 26.0 Å². The summed E-state index contributed by atoms with van der Waals surface area (Å²) < 4.78 is 20.6. The van der Waals surface area contributed by atoms with Crippen molar-refractivity contribution >= 4 is 41.1 Å². The summed E-state index contributed by atoms with van der Waals surface area (Å²) >= 11 is -2.00. The Balaban J connectivity index is 0.000000209. The normalized spacial score (nSPS) is 12.9. The molecule has 8 heteroatoms. The van der Waals surface area contributed by atoms with E-state index >= 15 is 0 Å². The Labute approximate surface area is 288 Å². The molecular formula is C38H45Cl2FN3ORu-. The zero-order chi connectivity index (χ0) is 33.7. The van der Waals surface area contributed by atoms with Crippen molar-refractivity contribution in [3.05, 3.63) is 123 Å². The van der Waals surface area contributed by atoms with Gasteiger partial charge in [0.05, 0.1) is 0 Å². The van der Waals surface area contributed by atoms with Gasteiger partial charge >= 0.3 is 149 Å². The average molecular weight is 751 g/mol. The zero-order valence-corrected chi connectivity index (χ0v) is 31.5. The van der Waals surface area contributed by atoms with Gasteiger partial charge in [-0.1, -0.05) is 35.4 Å². The van der Waals surface area contributed by atoms with Crippen LogP contribution in [0.5, 0.6) is 5.75 Å². The Morgan fingerprint density at radius 2 is 1.24 bits per heavy atom. The molecule has 0 atom stereocenters. The Morgan fingerprint density at radius 1 is 0.761 bits per heavy atom. The molecule has 0 radical (unpaired) electrons. The monoisotopic (exact) mass is 750 g/mol. The van der Waals surface area contributed by atoms with Crippen LogP contribution in [0.1, 0.15) is 55.6 Å². The Hall–Kier alpha value is -2.92. The van der Waals surface area contributed by atoms with Crippen LogP contribution in [0.3, 0.4) is 0 Å². The number of anilines is 3. The first-order valence-corrected chi connectivity index (χ1v) is 20.8. The predicted octanol–water partition coefficient (Wildman–Crippen LogP) is 10.1. The molecule has 0 saturated carbocycles. The van der Waals surface area contributed by atoms with Gasteiger partial charge in [0.15, 0.2) is 0 Å². The SMILES string of the molecule is COc1c(C)cc(NCc2ccc(F)cc2[CH]=[Ru]([Cl])[Cl])cc1C.Cc1cc(C)c(N2[CH-]N(c3c(C)cc(C)cc3C)CC2)c(C)c1. The predicted molar refractivity (Wildman–Crippen MR) is 193 cm³/mol. The largest absolute Gasteiger partial charge is 0.502 e. The van der Waals surface area contributed by atoms with Gasteiger partial charge in [-0.2, -0.15) is 6.67 Å². The minimum absolute atomic E-state index is 0.292. The third-order valence-corrected chi connectivity index (χ3v) is 9.98. The van der Waals surface area contributed by atoms with Gasteiger partial charge in [-0.3, -0.25) is 0 Å². The molecule has 0 aromatic heterocycles. The molecule has 1 heterocycles. The average Bonchev–Trinajstić information content (AvgIpc) is 3.40. The van der Waals surface area contributed by atoms with Crippen LogP contribution < -0.4 is 19.9 Å². The molecular weight excluding hydrogens is 705 g/mol. The number of halogens is 3. The van der Waals surface area contributed by atoms with Crippen molar-refractivity contribution in [1.29, 1.82) is 0 Å². The molecule has 0 amide bonds. The summed E-state index contributed by atoms with van der Waals surface area (Å²) in [5, 5.41) is 3.36. The number of aryl methyl sites for hydroxylation is 8. The number of nitrogens with one attached hydrogen (secondary N) is 1. The smallest absolute Gasteiger partial charge is 0.0146 e. The molecule has 4 nitrogen and oxygen atoms in total. The molecule has 1 fully saturated rings. The van der Waals surface area contributed by atoms with E-state index in [0.29, 0.717) is 6.54 Å². The molecule has 1 saturated heterocycles.